The highest BCUT2D eigenvalue weighted by molar-refractivity contribution is 5.83. The van der Waals surface area contributed by atoms with E-state index in [2.05, 4.69) is 28.4 Å². The first-order valence-corrected chi connectivity index (χ1v) is 9.50. The van der Waals surface area contributed by atoms with Crippen molar-refractivity contribution in [1.82, 2.24) is 14.8 Å². The van der Waals surface area contributed by atoms with Crippen molar-refractivity contribution in [2.24, 2.45) is 5.92 Å². The number of fused-ring (bicyclic) bond motifs is 2. The number of carbonyl (C=O) groups is 1. The lowest BCUT2D eigenvalue weighted by Crippen LogP contribution is -2.70. The van der Waals surface area contributed by atoms with Crippen LogP contribution in [0.3, 0.4) is 0 Å². The van der Waals surface area contributed by atoms with Gasteiger partial charge in [-0.05, 0) is 49.9 Å². The molecule has 1 aliphatic carbocycles. The molecular formula is C20H25N3O2. The van der Waals surface area contributed by atoms with E-state index >= 15 is 0 Å². The van der Waals surface area contributed by atoms with Gasteiger partial charge in [-0.15, -0.1) is 0 Å². The lowest BCUT2D eigenvalue weighted by atomic mass is 9.70. The van der Waals surface area contributed by atoms with Gasteiger partial charge in [-0.1, -0.05) is 18.2 Å². The van der Waals surface area contributed by atoms with E-state index in [4.69, 9.17) is 4.74 Å². The van der Waals surface area contributed by atoms with Crippen molar-refractivity contribution in [1.29, 1.82) is 0 Å². The summed E-state index contributed by atoms with van der Waals surface area (Å²) < 4.78 is 7.99. The summed E-state index contributed by atoms with van der Waals surface area (Å²) >= 11 is 0. The second kappa shape index (κ2) is 6.15. The zero-order chi connectivity index (χ0) is 16.8. The maximum absolute atomic E-state index is 12.7. The Hall–Kier alpha value is -1.85. The van der Waals surface area contributed by atoms with Crippen LogP contribution in [0, 0.1) is 5.92 Å². The largest absolute Gasteiger partial charge is 0.376 e. The molecule has 1 N–H and O–H groups in total. The van der Waals surface area contributed by atoms with E-state index in [9.17, 15) is 4.79 Å². The molecule has 3 aliphatic rings. The van der Waals surface area contributed by atoms with Crippen LogP contribution in [0.2, 0.25) is 0 Å². The van der Waals surface area contributed by atoms with Crippen LogP contribution < -0.4 is 5.32 Å². The first-order valence-electron chi connectivity index (χ1n) is 9.50. The fraction of sp³-hybridized carbons (Fsp3) is 0.550. The number of likely N-dealkylation sites (tertiary alicyclic amines) is 1. The number of hydrogen-bond acceptors (Lipinski definition) is 3. The average Bonchev–Trinajstić information content (AvgIpc) is 3.35. The molecule has 5 nitrogen and oxygen atoms in total. The monoisotopic (exact) mass is 339 g/mol. The molecule has 4 atom stereocenters. The van der Waals surface area contributed by atoms with Crippen LogP contribution in [0.5, 0.6) is 0 Å². The normalized spacial score (nSPS) is 31.8. The first-order chi connectivity index (χ1) is 12.3. The number of ether oxygens (including phenoxy) is 1. The number of carbonyl (C=O) groups excluding carboxylic acids is 1. The number of hydrogen-bond donors (Lipinski definition) is 1. The highest BCUT2D eigenvalue weighted by Crippen LogP contribution is 2.42. The Morgan fingerprint density at radius 2 is 2.04 bits per heavy atom. The highest BCUT2D eigenvalue weighted by Gasteiger charge is 2.56. The van der Waals surface area contributed by atoms with Gasteiger partial charge in [0, 0.05) is 24.2 Å². The van der Waals surface area contributed by atoms with Gasteiger partial charge >= 0.3 is 0 Å². The lowest BCUT2D eigenvalue weighted by Gasteiger charge is -2.51. The maximum atomic E-state index is 12.7. The van der Waals surface area contributed by atoms with Crippen LogP contribution in [0.15, 0.2) is 36.5 Å². The minimum atomic E-state index is 0.112. The van der Waals surface area contributed by atoms with Crippen molar-refractivity contribution in [3.8, 4) is 0 Å². The number of nitrogens with zero attached hydrogens (tertiary/aromatic N) is 2. The molecule has 3 heterocycles. The molecule has 5 heteroatoms. The number of nitrogens with one attached hydrogen (secondary N) is 1. The molecule has 132 valence electrons. The molecule has 0 spiro atoms. The van der Waals surface area contributed by atoms with E-state index in [0.29, 0.717) is 24.6 Å². The second-order valence-corrected chi connectivity index (χ2v) is 7.62. The van der Waals surface area contributed by atoms with Gasteiger partial charge in [0.05, 0.1) is 18.2 Å². The summed E-state index contributed by atoms with van der Waals surface area (Å²) in [6.07, 6.45) is 5.95. The van der Waals surface area contributed by atoms with Gasteiger partial charge in [0.15, 0.2) is 0 Å². The van der Waals surface area contributed by atoms with E-state index in [-0.39, 0.29) is 11.9 Å². The minimum absolute atomic E-state index is 0.112. The number of benzene rings is 1. The van der Waals surface area contributed by atoms with Crippen LogP contribution in [0.4, 0.5) is 0 Å². The minimum Gasteiger partial charge on any atom is -0.376 e. The SMILES string of the molecule is O=C(Cn1ccc2ccccc21)N[C@H]1[C@H]2CCO[C@H]2[C@@H]1N1CCCC1. The molecule has 0 radical (unpaired) electrons. The van der Waals surface area contributed by atoms with Crippen molar-refractivity contribution in [3.05, 3.63) is 36.5 Å². The summed E-state index contributed by atoms with van der Waals surface area (Å²) in [5.74, 6) is 0.608. The number of amides is 1. The van der Waals surface area contributed by atoms with Crippen LogP contribution in [-0.4, -0.2) is 53.3 Å². The summed E-state index contributed by atoms with van der Waals surface area (Å²) in [6.45, 7) is 3.51. The van der Waals surface area contributed by atoms with Crippen molar-refractivity contribution in [2.75, 3.05) is 19.7 Å². The third-order valence-corrected chi connectivity index (χ3v) is 6.23. The molecule has 2 aromatic rings. The average molecular weight is 339 g/mol. The van der Waals surface area contributed by atoms with E-state index in [1.807, 2.05) is 22.9 Å². The van der Waals surface area contributed by atoms with E-state index < -0.39 is 0 Å². The summed E-state index contributed by atoms with van der Waals surface area (Å²) in [4.78, 5) is 15.2. The predicted octanol–water partition coefficient (Wildman–Crippen LogP) is 2.01. The topological polar surface area (TPSA) is 46.5 Å². The van der Waals surface area contributed by atoms with E-state index in [1.165, 1.54) is 18.2 Å². The summed E-state index contributed by atoms with van der Waals surface area (Å²) in [5, 5.41) is 4.52. The second-order valence-electron chi connectivity index (χ2n) is 7.62. The Morgan fingerprint density at radius 1 is 1.20 bits per heavy atom. The Morgan fingerprint density at radius 3 is 2.92 bits per heavy atom. The molecule has 5 rings (SSSR count). The molecule has 1 amide bonds. The Kier molecular flexibility index (Phi) is 3.79. The molecule has 0 bridgehead atoms. The number of para-hydroxylation sites is 1. The maximum Gasteiger partial charge on any atom is 0.240 e. The van der Waals surface area contributed by atoms with Gasteiger partial charge in [-0.25, -0.2) is 0 Å². The van der Waals surface area contributed by atoms with Gasteiger partial charge in [-0.2, -0.15) is 0 Å². The van der Waals surface area contributed by atoms with E-state index in [0.717, 1.165) is 31.6 Å². The Balaban J connectivity index is 1.29. The van der Waals surface area contributed by atoms with Gasteiger partial charge in [0.25, 0.3) is 0 Å². The first kappa shape index (κ1) is 15.4. The number of aromatic nitrogens is 1. The summed E-state index contributed by atoms with van der Waals surface area (Å²) in [7, 11) is 0. The number of rotatable bonds is 4. The van der Waals surface area contributed by atoms with Crippen molar-refractivity contribution >= 4 is 16.8 Å². The molecule has 1 aromatic heterocycles. The summed E-state index contributed by atoms with van der Waals surface area (Å²) in [5.41, 5.74) is 1.12. The molecule has 1 saturated carbocycles. The Labute approximate surface area is 147 Å². The fourth-order valence-electron chi connectivity index (χ4n) is 5.01. The van der Waals surface area contributed by atoms with Crippen molar-refractivity contribution in [2.45, 2.75) is 44.0 Å². The third kappa shape index (κ3) is 2.57. The van der Waals surface area contributed by atoms with Crippen molar-refractivity contribution in [3.63, 3.8) is 0 Å². The standard InChI is InChI=1S/C20H25N3O2/c24-17(13-23-11-7-14-5-1-2-6-16(14)23)21-18-15-8-12-25-20(15)19(18)22-9-3-4-10-22/h1-2,5-7,11,15,18-20H,3-4,8-10,12-13H2,(H,21,24)/t15-,18+,19-,20-/m1/s1. The smallest absolute Gasteiger partial charge is 0.240 e. The molecule has 1 aromatic carbocycles. The summed E-state index contributed by atoms with van der Waals surface area (Å²) in [6, 6.07) is 10.9. The Bertz CT molecular complexity index is 775. The highest BCUT2D eigenvalue weighted by atomic mass is 16.5. The molecule has 2 saturated heterocycles. The van der Waals surface area contributed by atoms with Crippen LogP contribution >= 0.6 is 0 Å². The third-order valence-electron chi connectivity index (χ3n) is 6.23. The predicted molar refractivity (Wildman–Crippen MR) is 96.3 cm³/mol. The molecule has 25 heavy (non-hydrogen) atoms. The van der Waals surface area contributed by atoms with Crippen LogP contribution in [0.1, 0.15) is 19.3 Å². The molecule has 3 fully saturated rings. The molecule has 2 aliphatic heterocycles. The van der Waals surface area contributed by atoms with Gasteiger partial charge < -0.3 is 14.6 Å². The van der Waals surface area contributed by atoms with Gasteiger partial charge in [0.2, 0.25) is 5.91 Å². The van der Waals surface area contributed by atoms with Gasteiger partial charge in [0.1, 0.15) is 6.54 Å². The fourth-order valence-corrected chi connectivity index (χ4v) is 5.01. The van der Waals surface area contributed by atoms with Crippen LogP contribution in [0.25, 0.3) is 10.9 Å². The van der Waals surface area contributed by atoms with Crippen molar-refractivity contribution < 1.29 is 9.53 Å². The molecular weight excluding hydrogens is 314 g/mol. The van der Waals surface area contributed by atoms with Gasteiger partial charge in [-0.3, -0.25) is 9.69 Å². The molecule has 0 unspecified atom stereocenters. The van der Waals surface area contributed by atoms with E-state index in [1.54, 1.807) is 0 Å². The quantitative estimate of drug-likeness (QED) is 0.927. The van der Waals surface area contributed by atoms with Crippen LogP contribution in [-0.2, 0) is 16.1 Å². The zero-order valence-corrected chi connectivity index (χ0v) is 14.4. The lowest BCUT2D eigenvalue weighted by molar-refractivity contribution is -0.129. The zero-order valence-electron chi connectivity index (χ0n) is 14.4.